The summed E-state index contributed by atoms with van der Waals surface area (Å²) in [5.41, 5.74) is 1.86. The highest BCUT2D eigenvalue weighted by molar-refractivity contribution is 7.98. The van der Waals surface area contributed by atoms with Crippen LogP contribution in [0.3, 0.4) is 0 Å². The van der Waals surface area contributed by atoms with E-state index in [0.717, 1.165) is 34.8 Å². The Labute approximate surface area is 162 Å². The van der Waals surface area contributed by atoms with Gasteiger partial charge in [0.1, 0.15) is 17.3 Å². The van der Waals surface area contributed by atoms with Crippen molar-refractivity contribution in [3.05, 3.63) is 54.4 Å². The van der Waals surface area contributed by atoms with Crippen LogP contribution < -0.4 is 14.8 Å². The Kier molecular flexibility index (Phi) is 6.59. The molecule has 1 heterocycles. The number of fused-ring (bicyclic) bond motifs is 1. The quantitative estimate of drug-likeness (QED) is 0.589. The molecule has 0 radical (unpaired) electrons. The van der Waals surface area contributed by atoms with Crippen LogP contribution in [-0.2, 0) is 4.79 Å². The van der Waals surface area contributed by atoms with Crippen molar-refractivity contribution in [2.24, 2.45) is 0 Å². The first kappa shape index (κ1) is 19.1. The third-order valence-corrected chi connectivity index (χ3v) is 4.76. The predicted octanol–water partition coefficient (Wildman–Crippen LogP) is 3.56. The zero-order valence-corrected chi connectivity index (χ0v) is 16.2. The molecule has 1 aromatic heterocycles. The number of hydrogen-bond acceptors (Lipinski definition) is 5. The van der Waals surface area contributed by atoms with E-state index in [2.05, 4.69) is 15.3 Å². The van der Waals surface area contributed by atoms with E-state index in [1.807, 2.05) is 30.5 Å². The number of nitrogens with zero attached hydrogens (tertiary/aromatic N) is 1. The summed E-state index contributed by atoms with van der Waals surface area (Å²) in [7, 11) is 1.61. The van der Waals surface area contributed by atoms with E-state index in [-0.39, 0.29) is 18.6 Å². The van der Waals surface area contributed by atoms with E-state index in [1.54, 1.807) is 43.1 Å². The maximum Gasteiger partial charge on any atom is 0.258 e. The molecule has 2 aromatic carbocycles. The SMILES string of the molecule is COc1ccc(OCC(=O)NC(CCSC)c2nc3ccccc3[nH]2)cc1. The van der Waals surface area contributed by atoms with E-state index in [9.17, 15) is 4.79 Å². The molecule has 1 atom stereocenters. The van der Waals surface area contributed by atoms with Gasteiger partial charge in [0.15, 0.2) is 6.61 Å². The molecule has 27 heavy (non-hydrogen) atoms. The Morgan fingerprint density at radius 2 is 1.93 bits per heavy atom. The average molecular weight is 385 g/mol. The van der Waals surface area contributed by atoms with E-state index >= 15 is 0 Å². The van der Waals surface area contributed by atoms with Crippen LogP contribution in [0.4, 0.5) is 0 Å². The number of hydrogen-bond donors (Lipinski definition) is 2. The van der Waals surface area contributed by atoms with Crippen LogP contribution in [0.15, 0.2) is 48.5 Å². The summed E-state index contributed by atoms with van der Waals surface area (Å²) in [4.78, 5) is 20.3. The van der Waals surface area contributed by atoms with Crippen molar-refractivity contribution in [3.8, 4) is 11.5 Å². The lowest BCUT2D eigenvalue weighted by Crippen LogP contribution is -2.33. The van der Waals surface area contributed by atoms with Crippen molar-refractivity contribution in [1.29, 1.82) is 0 Å². The number of ether oxygens (including phenoxy) is 2. The van der Waals surface area contributed by atoms with Crippen LogP contribution in [0, 0.1) is 0 Å². The number of benzene rings is 2. The summed E-state index contributed by atoms with van der Waals surface area (Å²) >= 11 is 1.74. The normalized spacial score (nSPS) is 11.9. The molecule has 7 heteroatoms. The molecule has 0 aliphatic heterocycles. The van der Waals surface area contributed by atoms with Gasteiger partial charge in [-0.2, -0.15) is 11.8 Å². The zero-order valence-electron chi connectivity index (χ0n) is 15.4. The van der Waals surface area contributed by atoms with Gasteiger partial charge >= 0.3 is 0 Å². The second-order valence-corrected chi connectivity index (χ2v) is 6.99. The molecule has 0 saturated carbocycles. The molecule has 0 saturated heterocycles. The minimum Gasteiger partial charge on any atom is -0.497 e. The van der Waals surface area contributed by atoms with Crippen LogP contribution in [0.1, 0.15) is 18.3 Å². The largest absolute Gasteiger partial charge is 0.497 e. The molecule has 0 fully saturated rings. The van der Waals surface area contributed by atoms with Gasteiger partial charge in [-0.25, -0.2) is 4.98 Å². The van der Waals surface area contributed by atoms with Crippen LogP contribution in [0.2, 0.25) is 0 Å². The third kappa shape index (κ3) is 5.17. The van der Waals surface area contributed by atoms with Gasteiger partial charge in [-0.1, -0.05) is 12.1 Å². The molecule has 1 amide bonds. The third-order valence-electron chi connectivity index (χ3n) is 4.11. The second-order valence-electron chi connectivity index (χ2n) is 6.00. The van der Waals surface area contributed by atoms with Gasteiger partial charge in [-0.15, -0.1) is 0 Å². The molecule has 0 spiro atoms. The molecule has 0 aliphatic carbocycles. The number of para-hydroxylation sites is 2. The van der Waals surface area contributed by atoms with E-state index < -0.39 is 0 Å². The topological polar surface area (TPSA) is 76.2 Å². The standard InChI is InChI=1S/C20H23N3O3S/c1-25-14-7-9-15(10-8-14)26-13-19(24)21-18(11-12-27-2)20-22-16-5-3-4-6-17(16)23-20/h3-10,18H,11-13H2,1-2H3,(H,21,24)(H,22,23). The number of amides is 1. The van der Waals surface area contributed by atoms with Crippen molar-refractivity contribution >= 4 is 28.7 Å². The summed E-state index contributed by atoms with van der Waals surface area (Å²) in [6, 6.07) is 14.8. The fraction of sp³-hybridized carbons (Fsp3) is 0.300. The van der Waals surface area contributed by atoms with Gasteiger partial charge in [0.25, 0.3) is 5.91 Å². The molecule has 6 nitrogen and oxygen atoms in total. The van der Waals surface area contributed by atoms with Crippen LogP contribution >= 0.6 is 11.8 Å². The molecule has 3 aromatic rings. The smallest absolute Gasteiger partial charge is 0.258 e. The number of nitrogens with one attached hydrogen (secondary N) is 2. The van der Waals surface area contributed by atoms with Gasteiger partial charge in [0.05, 0.1) is 24.2 Å². The molecule has 0 aliphatic rings. The van der Waals surface area contributed by atoms with Crippen LogP contribution in [0.5, 0.6) is 11.5 Å². The Morgan fingerprint density at radius 3 is 2.63 bits per heavy atom. The van der Waals surface area contributed by atoms with Crippen molar-refractivity contribution in [2.75, 3.05) is 25.7 Å². The number of aromatic nitrogens is 2. The van der Waals surface area contributed by atoms with E-state index in [4.69, 9.17) is 9.47 Å². The Balaban J connectivity index is 1.63. The predicted molar refractivity (Wildman–Crippen MR) is 108 cm³/mol. The maximum absolute atomic E-state index is 12.4. The second kappa shape index (κ2) is 9.32. The van der Waals surface area contributed by atoms with E-state index in [1.165, 1.54) is 0 Å². The lowest BCUT2D eigenvalue weighted by atomic mass is 10.2. The molecular weight excluding hydrogens is 362 g/mol. The minimum atomic E-state index is -0.184. The summed E-state index contributed by atoms with van der Waals surface area (Å²) < 4.78 is 10.7. The first-order valence-corrected chi connectivity index (χ1v) is 10.1. The minimum absolute atomic E-state index is 0.0532. The van der Waals surface area contributed by atoms with Crippen molar-refractivity contribution in [1.82, 2.24) is 15.3 Å². The Bertz CT molecular complexity index is 847. The van der Waals surface area contributed by atoms with Crippen molar-refractivity contribution < 1.29 is 14.3 Å². The van der Waals surface area contributed by atoms with Crippen LogP contribution in [0.25, 0.3) is 11.0 Å². The molecular formula is C20H23N3O3S. The lowest BCUT2D eigenvalue weighted by Gasteiger charge is -2.16. The average Bonchev–Trinajstić information content (AvgIpc) is 3.14. The van der Waals surface area contributed by atoms with Gasteiger partial charge in [0, 0.05) is 0 Å². The number of aromatic amines is 1. The van der Waals surface area contributed by atoms with Crippen molar-refractivity contribution in [2.45, 2.75) is 12.5 Å². The van der Waals surface area contributed by atoms with Gasteiger partial charge in [0.2, 0.25) is 0 Å². The van der Waals surface area contributed by atoms with Gasteiger partial charge in [-0.05, 0) is 54.8 Å². The molecule has 142 valence electrons. The maximum atomic E-state index is 12.4. The fourth-order valence-corrected chi connectivity index (χ4v) is 3.18. The number of rotatable bonds is 9. The summed E-state index contributed by atoms with van der Waals surface area (Å²) in [5.74, 6) is 2.87. The van der Waals surface area contributed by atoms with E-state index in [0.29, 0.717) is 5.75 Å². The number of thioether (sulfide) groups is 1. The highest BCUT2D eigenvalue weighted by atomic mass is 32.2. The lowest BCUT2D eigenvalue weighted by molar-refractivity contribution is -0.123. The Morgan fingerprint density at radius 1 is 1.19 bits per heavy atom. The number of imidazole rings is 1. The Hall–Kier alpha value is -2.67. The number of methoxy groups -OCH3 is 1. The summed E-state index contributed by atoms with van der Waals surface area (Å²) in [6.45, 7) is -0.0532. The fourth-order valence-electron chi connectivity index (χ4n) is 2.71. The number of H-pyrrole nitrogens is 1. The van der Waals surface area contributed by atoms with Crippen LogP contribution in [-0.4, -0.2) is 41.6 Å². The van der Waals surface area contributed by atoms with Gasteiger partial charge in [-0.3, -0.25) is 4.79 Å². The first-order valence-electron chi connectivity index (χ1n) is 8.69. The highest BCUT2D eigenvalue weighted by Gasteiger charge is 2.18. The zero-order chi connectivity index (χ0) is 19.1. The molecule has 1 unspecified atom stereocenters. The first-order chi connectivity index (χ1) is 13.2. The summed E-state index contributed by atoms with van der Waals surface area (Å²) in [6.07, 6.45) is 2.83. The molecule has 3 rings (SSSR count). The van der Waals surface area contributed by atoms with Gasteiger partial charge < -0.3 is 19.8 Å². The van der Waals surface area contributed by atoms with Crippen molar-refractivity contribution in [3.63, 3.8) is 0 Å². The monoisotopic (exact) mass is 385 g/mol. The number of carbonyl (C=O) groups excluding carboxylic acids is 1. The summed E-state index contributed by atoms with van der Waals surface area (Å²) in [5, 5.41) is 3.03. The highest BCUT2D eigenvalue weighted by Crippen LogP contribution is 2.20. The molecule has 2 N–H and O–H groups in total. The molecule has 0 bridgehead atoms. The number of carbonyl (C=O) groups is 1.